The topological polar surface area (TPSA) is 53.5 Å². The van der Waals surface area contributed by atoms with Gasteiger partial charge < -0.3 is 15.0 Å². The van der Waals surface area contributed by atoms with E-state index < -0.39 is 0 Å². The molecule has 3 heterocycles. The molecule has 1 aromatic heterocycles. The summed E-state index contributed by atoms with van der Waals surface area (Å²) in [6.07, 6.45) is 8.19. The Labute approximate surface area is 167 Å². The number of anilines is 2. The van der Waals surface area contributed by atoms with Gasteiger partial charge in [0.15, 0.2) is 0 Å². The van der Waals surface area contributed by atoms with E-state index in [0.717, 1.165) is 56.7 Å². The maximum atomic E-state index is 5.24. The first-order valence-corrected chi connectivity index (χ1v) is 10.5. The highest BCUT2D eigenvalue weighted by molar-refractivity contribution is 5.43. The van der Waals surface area contributed by atoms with Crippen molar-refractivity contribution in [1.29, 1.82) is 0 Å². The molecule has 6 heteroatoms. The van der Waals surface area contributed by atoms with Crippen LogP contribution in [0.5, 0.6) is 5.75 Å². The maximum absolute atomic E-state index is 5.24. The van der Waals surface area contributed by atoms with Crippen LogP contribution in [0.25, 0.3) is 0 Å². The normalized spacial score (nSPS) is 20.8. The van der Waals surface area contributed by atoms with E-state index in [1.54, 1.807) is 7.11 Å². The van der Waals surface area contributed by atoms with E-state index in [1.807, 2.05) is 24.4 Å². The maximum Gasteiger partial charge on any atom is 0.224 e. The molecule has 0 amide bonds. The van der Waals surface area contributed by atoms with Crippen molar-refractivity contribution in [2.24, 2.45) is 0 Å². The van der Waals surface area contributed by atoms with E-state index in [0.29, 0.717) is 6.04 Å². The van der Waals surface area contributed by atoms with Gasteiger partial charge in [-0.15, -0.1) is 0 Å². The van der Waals surface area contributed by atoms with Crippen molar-refractivity contribution in [1.82, 2.24) is 14.9 Å². The Hall–Kier alpha value is -2.34. The number of nitrogens with zero attached hydrogens (tertiary/aromatic N) is 4. The monoisotopic (exact) mass is 381 g/mol. The van der Waals surface area contributed by atoms with E-state index >= 15 is 0 Å². The van der Waals surface area contributed by atoms with Crippen molar-refractivity contribution >= 4 is 11.8 Å². The van der Waals surface area contributed by atoms with Gasteiger partial charge in [-0.1, -0.05) is 25.0 Å². The minimum Gasteiger partial charge on any atom is -0.497 e. The molecule has 150 valence electrons. The van der Waals surface area contributed by atoms with Crippen molar-refractivity contribution in [3.05, 3.63) is 42.1 Å². The smallest absolute Gasteiger partial charge is 0.224 e. The first-order chi connectivity index (χ1) is 13.8. The van der Waals surface area contributed by atoms with Crippen LogP contribution in [0.15, 0.2) is 36.5 Å². The Balaban J connectivity index is 1.31. The van der Waals surface area contributed by atoms with E-state index in [2.05, 4.69) is 32.2 Å². The van der Waals surface area contributed by atoms with Crippen LogP contribution in [0.3, 0.4) is 0 Å². The Kier molecular flexibility index (Phi) is 6.27. The lowest BCUT2D eigenvalue weighted by Crippen LogP contribution is -2.28. The Bertz CT molecular complexity index is 743. The van der Waals surface area contributed by atoms with Gasteiger partial charge in [0.25, 0.3) is 0 Å². The Morgan fingerprint density at radius 3 is 2.57 bits per heavy atom. The molecule has 2 fully saturated rings. The summed E-state index contributed by atoms with van der Waals surface area (Å²) in [5.41, 5.74) is 1.32. The van der Waals surface area contributed by atoms with Crippen LogP contribution in [0, 0.1) is 0 Å². The van der Waals surface area contributed by atoms with E-state index in [-0.39, 0.29) is 0 Å². The number of nitrogens with one attached hydrogen (secondary N) is 1. The van der Waals surface area contributed by atoms with Crippen LogP contribution < -0.4 is 15.0 Å². The fraction of sp³-hybridized carbons (Fsp3) is 0.545. The average Bonchev–Trinajstić information content (AvgIpc) is 2.99. The zero-order valence-corrected chi connectivity index (χ0v) is 16.8. The lowest BCUT2D eigenvalue weighted by molar-refractivity contribution is 0.328. The van der Waals surface area contributed by atoms with E-state index in [1.165, 1.54) is 31.2 Å². The molecule has 0 radical (unpaired) electrons. The largest absolute Gasteiger partial charge is 0.497 e. The van der Waals surface area contributed by atoms with Crippen LogP contribution in [0.2, 0.25) is 0 Å². The molecule has 0 spiro atoms. The fourth-order valence-corrected chi connectivity index (χ4v) is 4.16. The molecule has 2 aromatic rings. The van der Waals surface area contributed by atoms with Gasteiger partial charge in [0, 0.05) is 45.0 Å². The summed E-state index contributed by atoms with van der Waals surface area (Å²) >= 11 is 0. The van der Waals surface area contributed by atoms with Gasteiger partial charge >= 0.3 is 0 Å². The second-order valence-corrected chi connectivity index (χ2v) is 7.85. The standard InChI is InChI=1S/C22H31N5O/c1-28-20-8-6-18(7-9-20)16-26-15-11-19(17-26)24-22-23-12-10-21(25-22)27-13-4-2-3-5-14-27/h6-10,12,19H,2-5,11,13-17H2,1H3,(H,23,24,25). The highest BCUT2D eigenvalue weighted by atomic mass is 16.5. The molecular formula is C22H31N5O. The Morgan fingerprint density at radius 2 is 1.82 bits per heavy atom. The SMILES string of the molecule is COc1ccc(CN2CCC(Nc3nccc(N4CCCCCC4)n3)C2)cc1. The van der Waals surface area contributed by atoms with Gasteiger partial charge in [0.1, 0.15) is 11.6 Å². The fourth-order valence-electron chi connectivity index (χ4n) is 4.16. The number of hydrogen-bond acceptors (Lipinski definition) is 6. The summed E-state index contributed by atoms with van der Waals surface area (Å²) < 4.78 is 5.24. The molecule has 1 unspecified atom stereocenters. The number of ether oxygens (including phenoxy) is 1. The molecule has 1 aromatic carbocycles. The number of hydrogen-bond donors (Lipinski definition) is 1. The van der Waals surface area contributed by atoms with Gasteiger partial charge in [0.05, 0.1) is 7.11 Å². The zero-order valence-electron chi connectivity index (χ0n) is 16.8. The second-order valence-electron chi connectivity index (χ2n) is 7.85. The third-order valence-corrected chi connectivity index (χ3v) is 5.74. The molecule has 2 aliphatic heterocycles. The van der Waals surface area contributed by atoms with Crippen LogP contribution in [0.4, 0.5) is 11.8 Å². The molecule has 2 saturated heterocycles. The second kappa shape index (κ2) is 9.24. The van der Waals surface area contributed by atoms with Crippen molar-refractivity contribution in [3.8, 4) is 5.75 Å². The van der Waals surface area contributed by atoms with Crippen LogP contribution in [-0.4, -0.2) is 54.2 Å². The van der Waals surface area contributed by atoms with Crippen LogP contribution in [0.1, 0.15) is 37.7 Å². The van der Waals surface area contributed by atoms with Gasteiger partial charge in [-0.3, -0.25) is 4.90 Å². The zero-order chi connectivity index (χ0) is 19.2. The molecule has 28 heavy (non-hydrogen) atoms. The first kappa shape index (κ1) is 19.0. The molecule has 6 nitrogen and oxygen atoms in total. The number of aromatic nitrogens is 2. The predicted molar refractivity (Wildman–Crippen MR) is 113 cm³/mol. The molecular weight excluding hydrogens is 350 g/mol. The molecule has 0 bridgehead atoms. The van der Waals surface area contributed by atoms with Crippen molar-refractivity contribution in [3.63, 3.8) is 0 Å². The quantitative estimate of drug-likeness (QED) is 0.826. The first-order valence-electron chi connectivity index (χ1n) is 10.5. The molecule has 0 saturated carbocycles. The minimum absolute atomic E-state index is 0.401. The lowest BCUT2D eigenvalue weighted by Gasteiger charge is -2.22. The van der Waals surface area contributed by atoms with E-state index in [9.17, 15) is 0 Å². The summed E-state index contributed by atoms with van der Waals surface area (Å²) in [4.78, 5) is 14.2. The van der Waals surface area contributed by atoms with Gasteiger partial charge in [0.2, 0.25) is 5.95 Å². The molecule has 1 atom stereocenters. The highest BCUT2D eigenvalue weighted by Crippen LogP contribution is 2.21. The number of benzene rings is 1. The predicted octanol–water partition coefficient (Wildman–Crippen LogP) is 3.55. The van der Waals surface area contributed by atoms with Crippen molar-refractivity contribution in [2.45, 2.75) is 44.7 Å². The number of methoxy groups -OCH3 is 1. The van der Waals surface area contributed by atoms with Gasteiger partial charge in [-0.25, -0.2) is 4.98 Å². The van der Waals surface area contributed by atoms with Crippen molar-refractivity contribution in [2.75, 3.05) is 43.5 Å². The van der Waals surface area contributed by atoms with E-state index in [4.69, 9.17) is 9.72 Å². The summed E-state index contributed by atoms with van der Waals surface area (Å²) in [7, 11) is 1.70. The minimum atomic E-state index is 0.401. The van der Waals surface area contributed by atoms with Crippen molar-refractivity contribution < 1.29 is 4.74 Å². The third kappa shape index (κ3) is 4.93. The molecule has 1 N–H and O–H groups in total. The highest BCUT2D eigenvalue weighted by Gasteiger charge is 2.23. The van der Waals surface area contributed by atoms with Crippen LogP contribution in [-0.2, 0) is 6.54 Å². The summed E-state index contributed by atoms with van der Waals surface area (Å²) in [6.45, 7) is 5.29. The van der Waals surface area contributed by atoms with Gasteiger partial charge in [-0.2, -0.15) is 4.98 Å². The summed E-state index contributed by atoms with van der Waals surface area (Å²) in [5.74, 6) is 2.73. The van der Waals surface area contributed by atoms with Gasteiger partial charge in [-0.05, 0) is 43.0 Å². The number of likely N-dealkylation sites (tertiary alicyclic amines) is 1. The number of rotatable bonds is 6. The molecule has 2 aliphatic rings. The van der Waals surface area contributed by atoms with Crippen LogP contribution >= 0.6 is 0 Å². The lowest BCUT2D eigenvalue weighted by atomic mass is 10.2. The summed E-state index contributed by atoms with van der Waals surface area (Å²) in [6, 6.07) is 10.8. The Morgan fingerprint density at radius 1 is 1.04 bits per heavy atom. The summed E-state index contributed by atoms with van der Waals surface area (Å²) in [5, 5.41) is 3.56. The molecule has 0 aliphatic carbocycles. The third-order valence-electron chi connectivity index (χ3n) is 5.74. The average molecular weight is 382 g/mol. The molecule has 4 rings (SSSR count).